The van der Waals surface area contributed by atoms with Crippen LogP contribution < -0.4 is 4.91 Å². The van der Waals surface area contributed by atoms with Crippen LogP contribution in [-0.2, 0) is 0 Å². The van der Waals surface area contributed by atoms with Crippen molar-refractivity contribution >= 4 is 18.3 Å². The summed E-state index contributed by atoms with van der Waals surface area (Å²) < 4.78 is 0. The fourth-order valence-corrected chi connectivity index (χ4v) is 0.726. The van der Waals surface area contributed by atoms with E-state index in [1.807, 2.05) is 0 Å². The van der Waals surface area contributed by atoms with Crippen molar-refractivity contribution in [1.82, 2.24) is 4.91 Å². The standard InChI is InChI=1S/C6H5N3S/c7-9-8-5-1-3-6(10)4-2-5/h1-4,7H/p+1. The van der Waals surface area contributed by atoms with E-state index in [1.54, 1.807) is 24.3 Å². The summed E-state index contributed by atoms with van der Waals surface area (Å²) in [6.07, 6.45) is 0. The van der Waals surface area contributed by atoms with Crippen molar-refractivity contribution in [2.24, 2.45) is 5.11 Å². The fourth-order valence-electron chi connectivity index (χ4n) is 0.577. The van der Waals surface area contributed by atoms with Gasteiger partial charge in [0.25, 0.3) is 0 Å². The van der Waals surface area contributed by atoms with Crippen molar-refractivity contribution < 1.29 is 0 Å². The zero-order valence-electron chi connectivity index (χ0n) is 5.15. The van der Waals surface area contributed by atoms with E-state index in [0.29, 0.717) is 5.69 Å². The van der Waals surface area contributed by atoms with Crippen LogP contribution in [0.5, 0.6) is 0 Å². The third kappa shape index (κ3) is 1.69. The average molecular weight is 152 g/mol. The molecule has 0 saturated heterocycles. The van der Waals surface area contributed by atoms with E-state index in [1.165, 1.54) is 0 Å². The van der Waals surface area contributed by atoms with Gasteiger partial charge in [-0.3, -0.25) is 0 Å². The molecular weight excluding hydrogens is 146 g/mol. The lowest BCUT2D eigenvalue weighted by atomic mass is 10.3. The summed E-state index contributed by atoms with van der Waals surface area (Å²) in [7, 11) is 0. The summed E-state index contributed by atoms with van der Waals surface area (Å²) in [5.41, 5.74) is 7.11. The van der Waals surface area contributed by atoms with Crippen LogP contribution in [0, 0.1) is 5.53 Å². The van der Waals surface area contributed by atoms with Gasteiger partial charge in [-0.25, -0.2) is 0 Å². The fraction of sp³-hybridized carbons (Fsp3) is 0. The van der Waals surface area contributed by atoms with Crippen molar-refractivity contribution in [3.8, 4) is 0 Å². The number of rotatable bonds is 1. The molecule has 0 aliphatic heterocycles. The quantitative estimate of drug-likeness (QED) is 0.352. The van der Waals surface area contributed by atoms with Crippen LogP contribution in [0.25, 0.3) is 0 Å². The van der Waals surface area contributed by atoms with Crippen LogP contribution in [0.2, 0.25) is 0 Å². The highest BCUT2D eigenvalue weighted by molar-refractivity contribution is 7.80. The SMILES string of the molecule is N=[N+]=Nc1ccc(S)cc1. The van der Waals surface area contributed by atoms with E-state index in [0.717, 1.165) is 4.90 Å². The second-order valence-electron chi connectivity index (χ2n) is 1.72. The highest BCUT2D eigenvalue weighted by atomic mass is 32.1. The highest BCUT2D eigenvalue weighted by Gasteiger charge is 1.91. The lowest BCUT2D eigenvalue weighted by Crippen LogP contribution is -1.64. The molecule has 1 aromatic carbocycles. The maximum Gasteiger partial charge on any atom is 0.220 e. The normalized spacial score (nSPS) is 8.50. The number of nitrogens with zero attached hydrogens (tertiary/aromatic N) is 2. The topological polar surface area (TPSA) is 50.3 Å². The van der Waals surface area contributed by atoms with Gasteiger partial charge in [0.1, 0.15) is 5.53 Å². The summed E-state index contributed by atoms with van der Waals surface area (Å²) in [4.78, 5) is 3.76. The first kappa shape index (κ1) is 6.99. The van der Waals surface area contributed by atoms with Gasteiger partial charge in [0.2, 0.25) is 4.91 Å². The number of hydrogen-bond donors (Lipinski definition) is 2. The van der Waals surface area contributed by atoms with E-state index >= 15 is 0 Å². The number of benzene rings is 1. The van der Waals surface area contributed by atoms with Crippen molar-refractivity contribution in [2.75, 3.05) is 0 Å². The first-order valence-electron chi connectivity index (χ1n) is 2.69. The molecule has 3 nitrogen and oxygen atoms in total. The van der Waals surface area contributed by atoms with Crippen molar-refractivity contribution in [3.05, 3.63) is 24.3 Å². The number of hydrogen-bond acceptors (Lipinski definition) is 3. The summed E-state index contributed by atoms with van der Waals surface area (Å²) in [5, 5.41) is 3.51. The molecular formula is C6H6N3S+. The molecule has 1 rings (SSSR count). The first-order chi connectivity index (χ1) is 4.83. The summed E-state index contributed by atoms with van der Waals surface area (Å²) >= 11 is 4.08. The Bertz CT molecular complexity index is 261. The van der Waals surface area contributed by atoms with Gasteiger partial charge >= 0.3 is 0 Å². The molecule has 0 atom stereocenters. The van der Waals surface area contributed by atoms with Crippen LogP contribution in [0.15, 0.2) is 34.3 Å². The Morgan fingerprint density at radius 2 is 1.90 bits per heavy atom. The minimum atomic E-state index is 0.674. The van der Waals surface area contributed by atoms with Crippen LogP contribution in [0.4, 0.5) is 5.69 Å². The summed E-state index contributed by atoms with van der Waals surface area (Å²) in [6, 6.07) is 7.10. The highest BCUT2D eigenvalue weighted by Crippen LogP contribution is 2.13. The van der Waals surface area contributed by atoms with Gasteiger partial charge in [-0.15, -0.1) is 12.6 Å². The van der Waals surface area contributed by atoms with Crippen LogP contribution in [0.1, 0.15) is 0 Å². The Morgan fingerprint density at radius 3 is 2.40 bits per heavy atom. The summed E-state index contributed by atoms with van der Waals surface area (Å²) in [6.45, 7) is 0. The molecule has 0 heterocycles. The molecule has 0 unspecified atom stereocenters. The molecule has 1 aromatic rings. The van der Waals surface area contributed by atoms with E-state index in [2.05, 4.69) is 22.7 Å². The maximum atomic E-state index is 6.43. The third-order valence-corrected chi connectivity index (χ3v) is 1.31. The lowest BCUT2D eigenvalue weighted by molar-refractivity contribution is 0.991. The minimum Gasteiger partial charge on any atom is -0.143 e. The maximum absolute atomic E-state index is 6.43. The second kappa shape index (κ2) is 3.15. The Balaban J connectivity index is 3.00. The Morgan fingerprint density at radius 1 is 1.30 bits per heavy atom. The molecule has 50 valence electrons. The molecule has 10 heavy (non-hydrogen) atoms. The van der Waals surface area contributed by atoms with Crippen LogP contribution in [-0.4, -0.2) is 0 Å². The zero-order valence-corrected chi connectivity index (χ0v) is 6.05. The molecule has 0 aromatic heterocycles. The predicted molar refractivity (Wildman–Crippen MR) is 40.6 cm³/mol. The largest absolute Gasteiger partial charge is 0.220 e. The van der Waals surface area contributed by atoms with E-state index in [4.69, 9.17) is 5.53 Å². The molecule has 0 amide bonds. The van der Waals surface area contributed by atoms with Crippen molar-refractivity contribution in [1.29, 1.82) is 5.53 Å². The smallest absolute Gasteiger partial charge is 0.143 e. The molecule has 0 aliphatic rings. The van der Waals surface area contributed by atoms with Gasteiger partial charge in [0.05, 0.1) is 0 Å². The molecule has 0 saturated carbocycles. The molecule has 1 N–H and O–H groups in total. The Hall–Kier alpha value is -1.12. The zero-order chi connectivity index (χ0) is 7.40. The van der Waals surface area contributed by atoms with E-state index in [9.17, 15) is 0 Å². The first-order valence-corrected chi connectivity index (χ1v) is 3.14. The minimum absolute atomic E-state index is 0.674. The van der Waals surface area contributed by atoms with Crippen molar-refractivity contribution in [3.63, 3.8) is 0 Å². The van der Waals surface area contributed by atoms with Gasteiger partial charge in [0, 0.05) is 4.90 Å². The summed E-state index contributed by atoms with van der Waals surface area (Å²) in [5.74, 6) is 0. The monoisotopic (exact) mass is 152 g/mol. The molecule has 4 heteroatoms. The Labute approximate surface area is 63.7 Å². The molecule has 0 aliphatic carbocycles. The second-order valence-corrected chi connectivity index (χ2v) is 2.23. The molecule has 0 fully saturated rings. The average Bonchev–Trinajstić information content (AvgIpc) is 1.95. The molecule has 0 bridgehead atoms. The van der Waals surface area contributed by atoms with Gasteiger partial charge < -0.3 is 0 Å². The molecule has 0 spiro atoms. The predicted octanol–water partition coefficient (Wildman–Crippen LogP) is 2.16. The van der Waals surface area contributed by atoms with E-state index < -0.39 is 0 Å². The van der Waals surface area contributed by atoms with Gasteiger partial charge in [0.15, 0.2) is 10.8 Å². The Kier molecular flexibility index (Phi) is 2.20. The number of thiol groups is 1. The van der Waals surface area contributed by atoms with Gasteiger partial charge in [-0.1, -0.05) is 0 Å². The van der Waals surface area contributed by atoms with Crippen LogP contribution >= 0.6 is 12.6 Å². The van der Waals surface area contributed by atoms with Gasteiger partial charge in [-0.05, 0) is 24.3 Å². The molecule has 0 radical (unpaired) electrons. The lowest BCUT2D eigenvalue weighted by Gasteiger charge is -1.85. The van der Waals surface area contributed by atoms with Crippen LogP contribution in [0.3, 0.4) is 0 Å². The van der Waals surface area contributed by atoms with Gasteiger partial charge in [-0.2, -0.15) is 0 Å². The number of nitrogens with one attached hydrogen (secondary N) is 1. The van der Waals surface area contributed by atoms with E-state index in [-0.39, 0.29) is 0 Å². The third-order valence-electron chi connectivity index (χ3n) is 1.02. The van der Waals surface area contributed by atoms with Crippen molar-refractivity contribution in [2.45, 2.75) is 4.90 Å².